The largest absolute Gasteiger partial charge is 0.454 e. The summed E-state index contributed by atoms with van der Waals surface area (Å²) in [6.45, 7) is 0.652. The Balaban J connectivity index is 1.55. The second-order valence-corrected chi connectivity index (χ2v) is 6.79. The van der Waals surface area contributed by atoms with Crippen LogP contribution >= 0.6 is 11.8 Å². The Morgan fingerprint density at radius 1 is 1.15 bits per heavy atom. The zero-order chi connectivity index (χ0) is 17.9. The van der Waals surface area contributed by atoms with Gasteiger partial charge in [-0.25, -0.2) is 9.37 Å². The lowest BCUT2D eigenvalue weighted by molar-refractivity contribution is 0.174. The number of thioether (sulfide) groups is 1. The molecular formula is C19H17FN2O3S. The molecule has 0 aliphatic carbocycles. The predicted octanol–water partition coefficient (Wildman–Crippen LogP) is 3.58. The molecule has 3 aromatic rings. The summed E-state index contributed by atoms with van der Waals surface area (Å²) < 4.78 is 26.5. The lowest BCUT2D eigenvalue weighted by Gasteiger charge is -2.11. The molecule has 1 N–H and O–H groups in total. The monoisotopic (exact) mass is 372 g/mol. The minimum Gasteiger partial charge on any atom is -0.454 e. The van der Waals surface area contributed by atoms with Crippen molar-refractivity contribution >= 4 is 11.8 Å². The molecule has 7 heteroatoms. The van der Waals surface area contributed by atoms with Crippen molar-refractivity contribution in [2.75, 3.05) is 6.79 Å². The van der Waals surface area contributed by atoms with Crippen LogP contribution in [0.5, 0.6) is 11.5 Å². The first-order valence-electron chi connectivity index (χ1n) is 8.14. The van der Waals surface area contributed by atoms with Crippen LogP contribution in [0.2, 0.25) is 0 Å². The van der Waals surface area contributed by atoms with Crippen molar-refractivity contribution in [2.24, 2.45) is 0 Å². The van der Waals surface area contributed by atoms with Crippen molar-refractivity contribution in [3.8, 4) is 11.5 Å². The van der Waals surface area contributed by atoms with E-state index in [1.165, 1.54) is 17.8 Å². The Morgan fingerprint density at radius 3 is 2.85 bits per heavy atom. The molecule has 0 bridgehead atoms. The maximum atomic E-state index is 13.8. The summed E-state index contributed by atoms with van der Waals surface area (Å²) >= 11 is 1.44. The minimum absolute atomic E-state index is 0.113. The fraction of sp³-hybridized carbons (Fsp3) is 0.211. The van der Waals surface area contributed by atoms with Gasteiger partial charge in [0.2, 0.25) is 6.79 Å². The Labute approximate surface area is 154 Å². The maximum absolute atomic E-state index is 13.8. The van der Waals surface area contributed by atoms with Crippen molar-refractivity contribution < 1.29 is 19.0 Å². The lowest BCUT2D eigenvalue weighted by atomic mass is 10.2. The third kappa shape index (κ3) is 3.40. The molecule has 0 amide bonds. The lowest BCUT2D eigenvalue weighted by Crippen LogP contribution is -2.06. The zero-order valence-electron chi connectivity index (χ0n) is 13.9. The molecule has 0 fully saturated rings. The highest BCUT2D eigenvalue weighted by molar-refractivity contribution is 7.98. The SMILES string of the molecule is OCc1cnc(SCc2ccccc2F)n1Cc1ccc2c(c1)OCO2. The molecule has 0 radical (unpaired) electrons. The number of nitrogens with zero attached hydrogens (tertiary/aromatic N) is 2. The molecule has 5 nitrogen and oxygen atoms in total. The Kier molecular flexibility index (Phi) is 4.81. The van der Waals surface area contributed by atoms with E-state index in [2.05, 4.69) is 4.98 Å². The van der Waals surface area contributed by atoms with Gasteiger partial charge in [0.25, 0.3) is 0 Å². The summed E-state index contributed by atoms with van der Waals surface area (Å²) in [4.78, 5) is 4.39. The molecular weight excluding hydrogens is 355 g/mol. The van der Waals surface area contributed by atoms with E-state index in [1.807, 2.05) is 28.8 Å². The fourth-order valence-electron chi connectivity index (χ4n) is 2.78. The number of fused-ring (bicyclic) bond motifs is 1. The summed E-state index contributed by atoms with van der Waals surface area (Å²) in [6.07, 6.45) is 1.65. The topological polar surface area (TPSA) is 56.5 Å². The Bertz CT molecular complexity index is 929. The average Bonchev–Trinajstić information content (AvgIpc) is 3.27. The normalized spacial score (nSPS) is 12.5. The van der Waals surface area contributed by atoms with Crippen molar-refractivity contribution in [3.05, 3.63) is 71.3 Å². The molecule has 26 heavy (non-hydrogen) atoms. The van der Waals surface area contributed by atoms with E-state index < -0.39 is 0 Å². The third-order valence-electron chi connectivity index (χ3n) is 4.16. The number of halogens is 1. The predicted molar refractivity (Wildman–Crippen MR) is 95.8 cm³/mol. The van der Waals surface area contributed by atoms with Crippen LogP contribution < -0.4 is 9.47 Å². The van der Waals surface area contributed by atoms with Gasteiger partial charge in [-0.1, -0.05) is 36.0 Å². The van der Waals surface area contributed by atoms with Crippen molar-refractivity contribution in [1.82, 2.24) is 9.55 Å². The number of aliphatic hydroxyl groups is 1. The van der Waals surface area contributed by atoms with Crippen LogP contribution in [-0.4, -0.2) is 21.5 Å². The summed E-state index contributed by atoms with van der Waals surface area (Å²) in [7, 11) is 0. The van der Waals surface area contributed by atoms with Gasteiger partial charge in [-0.2, -0.15) is 0 Å². The quantitative estimate of drug-likeness (QED) is 0.670. The molecule has 2 aromatic carbocycles. The number of rotatable bonds is 6. The standard InChI is InChI=1S/C19H17FN2O3S/c20-16-4-2-1-3-14(16)11-26-19-21-8-15(10-23)22(19)9-13-5-6-17-18(7-13)25-12-24-17/h1-8,23H,9-12H2. The molecule has 4 rings (SSSR count). The number of hydrogen-bond acceptors (Lipinski definition) is 5. The number of imidazole rings is 1. The highest BCUT2D eigenvalue weighted by Crippen LogP contribution is 2.33. The van der Waals surface area contributed by atoms with E-state index in [4.69, 9.17) is 9.47 Å². The molecule has 0 atom stereocenters. The van der Waals surface area contributed by atoms with E-state index in [0.29, 0.717) is 29.3 Å². The van der Waals surface area contributed by atoms with Gasteiger partial charge in [0.1, 0.15) is 5.82 Å². The van der Waals surface area contributed by atoms with Crippen molar-refractivity contribution in [2.45, 2.75) is 24.1 Å². The first kappa shape index (κ1) is 16.9. The van der Waals surface area contributed by atoms with Crippen LogP contribution in [0.15, 0.2) is 53.8 Å². The molecule has 134 valence electrons. The molecule has 1 aliphatic rings. The van der Waals surface area contributed by atoms with E-state index in [-0.39, 0.29) is 19.2 Å². The molecule has 0 unspecified atom stereocenters. The maximum Gasteiger partial charge on any atom is 0.231 e. The Morgan fingerprint density at radius 2 is 2.00 bits per heavy atom. The smallest absolute Gasteiger partial charge is 0.231 e. The highest BCUT2D eigenvalue weighted by Gasteiger charge is 2.16. The van der Waals surface area contributed by atoms with Crippen LogP contribution in [0.3, 0.4) is 0 Å². The molecule has 1 aliphatic heterocycles. The number of aromatic nitrogens is 2. The van der Waals surface area contributed by atoms with Gasteiger partial charge in [-0.15, -0.1) is 0 Å². The van der Waals surface area contributed by atoms with E-state index in [0.717, 1.165) is 16.5 Å². The van der Waals surface area contributed by atoms with Crippen LogP contribution in [0.4, 0.5) is 4.39 Å². The molecule has 1 aromatic heterocycles. The number of hydrogen-bond donors (Lipinski definition) is 1. The van der Waals surface area contributed by atoms with Gasteiger partial charge < -0.3 is 19.1 Å². The number of aliphatic hydroxyl groups excluding tert-OH is 1. The second kappa shape index (κ2) is 7.39. The van der Waals surface area contributed by atoms with Crippen molar-refractivity contribution in [3.63, 3.8) is 0 Å². The highest BCUT2D eigenvalue weighted by atomic mass is 32.2. The second-order valence-electron chi connectivity index (χ2n) is 5.84. The fourth-order valence-corrected chi connectivity index (χ4v) is 3.77. The van der Waals surface area contributed by atoms with Gasteiger partial charge in [0.15, 0.2) is 16.7 Å². The molecule has 0 saturated heterocycles. The number of ether oxygens (including phenoxy) is 2. The summed E-state index contributed by atoms with van der Waals surface area (Å²) in [5, 5.41) is 10.4. The Hall–Kier alpha value is -2.51. The first-order chi connectivity index (χ1) is 12.7. The molecule has 2 heterocycles. The molecule has 0 spiro atoms. The van der Waals surface area contributed by atoms with E-state index in [1.54, 1.807) is 18.3 Å². The van der Waals surface area contributed by atoms with E-state index in [9.17, 15) is 9.50 Å². The van der Waals surface area contributed by atoms with E-state index >= 15 is 0 Å². The molecule has 0 saturated carbocycles. The van der Waals surface area contributed by atoms with Crippen molar-refractivity contribution in [1.29, 1.82) is 0 Å². The third-order valence-corrected chi connectivity index (χ3v) is 5.20. The van der Waals surface area contributed by atoms with Gasteiger partial charge in [-0.3, -0.25) is 0 Å². The first-order valence-corrected chi connectivity index (χ1v) is 9.13. The van der Waals surface area contributed by atoms with Gasteiger partial charge in [-0.05, 0) is 29.3 Å². The summed E-state index contributed by atoms with van der Waals surface area (Å²) in [5.41, 5.74) is 2.34. The summed E-state index contributed by atoms with van der Waals surface area (Å²) in [6, 6.07) is 12.5. The zero-order valence-corrected chi connectivity index (χ0v) is 14.7. The van der Waals surface area contributed by atoms with Crippen LogP contribution in [0, 0.1) is 5.82 Å². The van der Waals surface area contributed by atoms with Crippen LogP contribution in [0.1, 0.15) is 16.8 Å². The van der Waals surface area contributed by atoms with Gasteiger partial charge in [0.05, 0.1) is 25.0 Å². The van der Waals surface area contributed by atoms with Gasteiger partial charge >= 0.3 is 0 Å². The summed E-state index contributed by atoms with van der Waals surface area (Å²) in [5.74, 6) is 1.69. The average molecular weight is 372 g/mol. The number of benzene rings is 2. The van der Waals surface area contributed by atoms with Gasteiger partial charge in [0, 0.05) is 5.75 Å². The minimum atomic E-state index is -0.226. The van der Waals surface area contributed by atoms with Crippen LogP contribution in [-0.2, 0) is 18.9 Å². The van der Waals surface area contributed by atoms with Crippen LogP contribution in [0.25, 0.3) is 0 Å².